The Morgan fingerprint density at radius 3 is 2.35 bits per heavy atom. The predicted molar refractivity (Wildman–Crippen MR) is 67.3 cm³/mol. The van der Waals surface area contributed by atoms with E-state index in [9.17, 15) is 13.2 Å². The molecular weight excluding hydrogens is 295 g/mol. The summed E-state index contributed by atoms with van der Waals surface area (Å²) in [6.45, 7) is -0.246. The highest BCUT2D eigenvalue weighted by atomic mass is 35.5. The van der Waals surface area contributed by atoms with Crippen molar-refractivity contribution >= 4 is 11.6 Å². The molecule has 2 rings (SSSR count). The van der Waals surface area contributed by atoms with Crippen LogP contribution < -0.4 is 4.74 Å². The van der Waals surface area contributed by atoms with Crippen molar-refractivity contribution in [3.8, 4) is 17.0 Å². The Bertz CT molecular complexity index is 600. The average Bonchev–Trinajstić information content (AvgIpc) is 2.38. The molecule has 1 aromatic heterocycles. The van der Waals surface area contributed by atoms with Crippen molar-refractivity contribution in [2.24, 2.45) is 0 Å². The minimum absolute atomic E-state index is 0.246. The first-order valence-corrected chi connectivity index (χ1v) is 5.89. The second-order valence-corrected chi connectivity index (χ2v) is 4.24. The van der Waals surface area contributed by atoms with E-state index in [2.05, 4.69) is 9.72 Å². The number of pyridine rings is 1. The van der Waals surface area contributed by atoms with Gasteiger partial charge in [-0.15, -0.1) is 13.2 Å². The molecule has 0 unspecified atom stereocenters. The van der Waals surface area contributed by atoms with Crippen LogP contribution in [-0.4, -0.2) is 16.5 Å². The molecule has 0 fully saturated rings. The number of aliphatic hydroxyl groups excluding tert-OH is 1. The van der Waals surface area contributed by atoms with E-state index in [0.717, 1.165) is 0 Å². The number of ether oxygens (including phenoxy) is 1. The van der Waals surface area contributed by atoms with E-state index in [1.165, 1.54) is 30.5 Å². The third kappa shape index (κ3) is 3.40. The molecule has 1 aromatic carbocycles. The van der Waals surface area contributed by atoms with Gasteiger partial charge in [-0.3, -0.25) is 4.98 Å². The van der Waals surface area contributed by atoms with E-state index < -0.39 is 6.36 Å². The summed E-state index contributed by atoms with van der Waals surface area (Å²) in [5.41, 5.74) is 1.41. The molecule has 0 atom stereocenters. The number of aliphatic hydroxyl groups is 1. The van der Waals surface area contributed by atoms with Crippen LogP contribution in [0, 0.1) is 0 Å². The van der Waals surface area contributed by atoms with Crippen LogP contribution in [0.2, 0.25) is 5.02 Å². The van der Waals surface area contributed by atoms with Gasteiger partial charge in [0, 0.05) is 11.8 Å². The maximum absolute atomic E-state index is 12.0. The minimum atomic E-state index is -4.73. The standard InChI is InChI=1S/C13H9ClF3NO2/c14-11-9(7-19)5-6-18-12(11)8-1-3-10(4-2-8)20-13(15,16)17/h1-6,19H,7H2. The van der Waals surface area contributed by atoms with Crippen molar-refractivity contribution < 1.29 is 23.0 Å². The van der Waals surface area contributed by atoms with Crippen molar-refractivity contribution in [2.45, 2.75) is 13.0 Å². The van der Waals surface area contributed by atoms with Crippen molar-refractivity contribution in [1.82, 2.24) is 4.98 Å². The van der Waals surface area contributed by atoms with E-state index in [1.807, 2.05) is 0 Å². The fraction of sp³-hybridized carbons (Fsp3) is 0.154. The van der Waals surface area contributed by atoms with Crippen LogP contribution in [0.1, 0.15) is 5.56 Å². The molecule has 106 valence electrons. The average molecular weight is 304 g/mol. The topological polar surface area (TPSA) is 42.4 Å². The van der Waals surface area contributed by atoms with Gasteiger partial charge in [-0.1, -0.05) is 11.6 Å². The molecule has 0 spiro atoms. The number of alkyl halides is 3. The molecule has 0 radical (unpaired) electrons. The van der Waals surface area contributed by atoms with Gasteiger partial charge in [-0.2, -0.15) is 0 Å². The van der Waals surface area contributed by atoms with Crippen molar-refractivity contribution in [1.29, 1.82) is 0 Å². The third-order valence-corrected chi connectivity index (χ3v) is 2.92. The molecule has 0 saturated carbocycles. The zero-order valence-corrected chi connectivity index (χ0v) is 10.7. The Balaban J connectivity index is 2.31. The molecule has 3 nitrogen and oxygen atoms in total. The first-order valence-electron chi connectivity index (χ1n) is 5.51. The zero-order chi connectivity index (χ0) is 14.8. The van der Waals surface area contributed by atoms with E-state index in [0.29, 0.717) is 16.8 Å². The maximum atomic E-state index is 12.0. The molecule has 7 heteroatoms. The minimum Gasteiger partial charge on any atom is -0.406 e. The lowest BCUT2D eigenvalue weighted by molar-refractivity contribution is -0.274. The lowest BCUT2D eigenvalue weighted by Gasteiger charge is -2.10. The summed E-state index contributed by atoms with van der Waals surface area (Å²) in [6.07, 6.45) is -3.26. The molecule has 2 aromatic rings. The van der Waals surface area contributed by atoms with Gasteiger partial charge in [-0.25, -0.2) is 0 Å². The molecule has 1 heterocycles. The molecule has 0 saturated heterocycles. The second-order valence-electron chi connectivity index (χ2n) is 3.86. The Morgan fingerprint density at radius 2 is 1.80 bits per heavy atom. The van der Waals surface area contributed by atoms with Crippen LogP contribution in [0.15, 0.2) is 36.5 Å². The summed E-state index contributed by atoms with van der Waals surface area (Å²) in [7, 11) is 0. The third-order valence-electron chi connectivity index (χ3n) is 2.50. The second kappa shape index (κ2) is 5.68. The van der Waals surface area contributed by atoms with Gasteiger partial charge in [0.05, 0.1) is 17.3 Å². The van der Waals surface area contributed by atoms with Gasteiger partial charge in [-0.05, 0) is 35.9 Å². The molecule has 20 heavy (non-hydrogen) atoms. The van der Waals surface area contributed by atoms with Gasteiger partial charge in [0.15, 0.2) is 0 Å². The summed E-state index contributed by atoms with van der Waals surface area (Å²) < 4.78 is 39.9. The monoisotopic (exact) mass is 303 g/mol. The van der Waals surface area contributed by atoms with E-state index in [4.69, 9.17) is 16.7 Å². The molecular formula is C13H9ClF3NO2. The summed E-state index contributed by atoms with van der Waals surface area (Å²) in [6, 6.07) is 6.73. The lowest BCUT2D eigenvalue weighted by Crippen LogP contribution is -2.16. The number of nitrogens with zero attached hydrogens (tertiary/aromatic N) is 1. The Morgan fingerprint density at radius 1 is 1.15 bits per heavy atom. The first-order chi connectivity index (χ1) is 9.40. The van der Waals surface area contributed by atoms with Gasteiger partial charge in [0.1, 0.15) is 5.75 Å². The quantitative estimate of drug-likeness (QED) is 0.938. The van der Waals surface area contributed by atoms with Crippen LogP contribution in [0.3, 0.4) is 0 Å². The number of hydrogen-bond donors (Lipinski definition) is 1. The maximum Gasteiger partial charge on any atom is 0.573 e. The van der Waals surface area contributed by atoms with Gasteiger partial charge < -0.3 is 9.84 Å². The van der Waals surface area contributed by atoms with Crippen LogP contribution in [0.4, 0.5) is 13.2 Å². The lowest BCUT2D eigenvalue weighted by atomic mass is 10.1. The fourth-order valence-electron chi connectivity index (χ4n) is 1.62. The number of halogens is 4. The highest BCUT2D eigenvalue weighted by molar-refractivity contribution is 6.33. The van der Waals surface area contributed by atoms with E-state index in [-0.39, 0.29) is 17.4 Å². The molecule has 0 aliphatic carbocycles. The highest BCUT2D eigenvalue weighted by Gasteiger charge is 2.31. The number of benzene rings is 1. The fourth-order valence-corrected chi connectivity index (χ4v) is 1.90. The largest absolute Gasteiger partial charge is 0.573 e. The number of hydrogen-bond acceptors (Lipinski definition) is 3. The number of rotatable bonds is 3. The van der Waals surface area contributed by atoms with Crippen LogP contribution in [0.5, 0.6) is 5.75 Å². The summed E-state index contributed by atoms with van der Waals surface area (Å²) in [5, 5.41) is 9.37. The normalized spacial score (nSPS) is 11.4. The number of aromatic nitrogens is 1. The predicted octanol–water partition coefficient (Wildman–Crippen LogP) is 3.79. The van der Waals surface area contributed by atoms with Crippen molar-refractivity contribution in [3.05, 3.63) is 47.1 Å². The Kier molecular flexibility index (Phi) is 4.15. The molecule has 1 N–H and O–H groups in total. The van der Waals surface area contributed by atoms with Gasteiger partial charge >= 0.3 is 6.36 Å². The van der Waals surface area contributed by atoms with Crippen LogP contribution in [-0.2, 0) is 6.61 Å². The summed E-state index contributed by atoms with van der Waals surface area (Å²) >= 11 is 6.06. The van der Waals surface area contributed by atoms with Crippen LogP contribution in [0.25, 0.3) is 11.3 Å². The van der Waals surface area contributed by atoms with E-state index >= 15 is 0 Å². The molecule has 0 bridgehead atoms. The van der Waals surface area contributed by atoms with Crippen LogP contribution >= 0.6 is 11.6 Å². The van der Waals surface area contributed by atoms with Crippen molar-refractivity contribution in [3.63, 3.8) is 0 Å². The molecule has 0 aliphatic rings. The summed E-state index contributed by atoms with van der Waals surface area (Å²) in [5.74, 6) is -0.323. The van der Waals surface area contributed by atoms with E-state index in [1.54, 1.807) is 6.07 Å². The zero-order valence-electron chi connectivity index (χ0n) is 9.99. The van der Waals surface area contributed by atoms with Crippen molar-refractivity contribution in [2.75, 3.05) is 0 Å². The smallest absolute Gasteiger partial charge is 0.406 e. The highest BCUT2D eigenvalue weighted by Crippen LogP contribution is 2.31. The van der Waals surface area contributed by atoms with Gasteiger partial charge in [0.2, 0.25) is 0 Å². The summed E-state index contributed by atoms with van der Waals surface area (Å²) in [4.78, 5) is 4.06. The van der Waals surface area contributed by atoms with Gasteiger partial charge in [0.25, 0.3) is 0 Å². The first kappa shape index (κ1) is 14.6. The molecule has 0 amide bonds. The Labute approximate surface area is 117 Å². The molecule has 0 aliphatic heterocycles. The SMILES string of the molecule is OCc1ccnc(-c2ccc(OC(F)(F)F)cc2)c1Cl. The Hall–Kier alpha value is -1.79.